The van der Waals surface area contributed by atoms with Gasteiger partial charge in [0.15, 0.2) is 0 Å². The van der Waals surface area contributed by atoms with E-state index in [0.29, 0.717) is 17.4 Å². The van der Waals surface area contributed by atoms with Gasteiger partial charge in [-0.15, -0.1) is 0 Å². The third-order valence-corrected chi connectivity index (χ3v) is 2.65. The van der Waals surface area contributed by atoms with E-state index in [2.05, 4.69) is 26.2 Å². The Morgan fingerprint density at radius 2 is 2.39 bits per heavy atom. The topological polar surface area (TPSA) is 91.7 Å². The van der Waals surface area contributed by atoms with Crippen molar-refractivity contribution >= 4 is 27.7 Å². The predicted octanol–water partition coefficient (Wildman–Crippen LogP) is 1.35. The summed E-state index contributed by atoms with van der Waals surface area (Å²) in [6, 6.07) is 1.48. The first-order valence-corrected chi connectivity index (χ1v) is 6.13. The first-order chi connectivity index (χ1) is 8.54. The summed E-state index contributed by atoms with van der Waals surface area (Å²) in [5.41, 5.74) is 0.0885. The van der Waals surface area contributed by atoms with Gasteiger partial charge in [-0.3, -0.25) is 0 Å². The molecule has 0 aromatic carbocycles. The fraction of sp³-hybridized carbons (Fsp3) is 0.455. The number of aliphatic hydroxyl groups is 1. The van der Waals surface area contributed by atoms with Gasteiger partial charge < -0.3 is 20.3 Å². The number of methoxy groups -OCH3 is 1. The fourth-order valence-corrected chi connectivity index (χ4v) is 1.71. The monoisotopic (exact) mass is 318 g/mol. The number of carboxylic acids is 1. The number of nitrogens with one attached hydrogen (secondary N) is 1. The zero-order valence-corrected chi connectivity index (χ0v) is 11.5. The van der Waals surface area contributed by atoms with Gasteiger partial charge in [0, 0.05) is 24.3 Å². The van der Waals surface area contributed by atoms with Crippen LogP contribution in [0.3, 0.4) is 0 Å². The number of rotatable bonds is 7. The number of halogens is 1. The Morgan fingerprint density at radius 1 is 1.67 bits per heavy atom. The van der Waals surface area contributed by atoms with Crippen molar-refractivity contribution in [3.05, 3.63) is 22.3 Å². The number of carboxylic acid groups (broad SMARTS) is 1. The SMILES string of the molecule is COCC(O)CCNc1ncc(Br)cc1C(=O)O. The maximum absolute atomic E-state index is 11.0. The summed E-state index contributed by atoms with van der Waals surface area (Å²) in [6.07, 6.45) is 1.39. The van der Waals surface area contributed by atoms with Crippen LogP contribution in [0.5, 0.6) is 0 Å². The van der Waals surface area contributed by atoms with E-state index in [1.54, 1.807) is 0 Å². The molecule has 1 atom stereocenters. The van der Waals surface area contributed by atoms with E-state index in [-0.39, 0.29) is 18.0 Å². The number of pyridine rings is 1. The molecule has 0 spiro atoms. The lowest BCUT2D eigenvalue weighted by molar-refractivity contribution is 0.0615. The van der Waals surface area contributed by atoms with Crippen LogP contribution in [0, 0.1) is 0 Å². The quantitative estimate of drug-likeness (QED) is 0.703. The molecule has 0 bridgehead atoms. The summed E-state index contributed by atoms with van der Waals surface area (Å²) < 4.78 is 5.39. The highest BCUT2D eigenvalue weighted by Gasteiger charge is 2.12. The maximum atomic E-state index is 11.0. The van der Waals surface area contributed by atoms with Crippen molar-refractivity contribution in [2.45, 2.75) is 12.5 Å². The first kappa shape index (κ1) is 14.9. The van der Waals surface area contributed by atoms with Crippen LogP contribution in [0.15, 0.2) is 16.7 Å². The summed E-state index contributed by atoms with van der Waals surface area (Å²) in [4.78, 5) is 15.0. The minimum atomic E-state index is -1.05. The van der Waals surface area contributed by atoms with Crippen molar-refractivity contribution in [3.8, 4) is 0 Å². The van der Waals surface area contributed by atoms with E-state index >= 15 is 0 Å². The molecule has 7 heteroatoms. The smallest absolute Gasteiger partial charge is 0.339 e. The molecule has 3 N–H and O–H groups in total. The number of carbonyl (C=O) groups is 1. The van der Waals surface area contributed by atoms with E-state index < -0.39 is 12.1 Å². The van der Waals surface area contributed by atoms with Gasteiger partial charge in [-0.05, 0) is 28.4 Å². The molecule has 0 amide bonds. The van der Waals surface area contributed by atoms with Crippen molar-refractivity contribution in [2.75, 3.05) is 25.6 Å². The van der Waals surface area contributed by atoms with Gasteiger partial charge in [0.05, 0.1) is 12.7 Å². The molecule has 1 aromatic rings. The van der Waals surface area contributed by atoms with Crippen molar-refractivity contribution in [1.29, 1.82) is 0 Å². The molecule has 0 saturated carbocycles. The molecule has 1 aromatic heterocycles. The van der Waals surface area contributed by atoms with Gasteiger partial charge in [-0.1, -0.05) is 0 Å². The Labute approximate surface area is 113 Å². The highest BCUT2D eigenvalue weighted by Crippen LogP contribution is 2.18. The molecule has 1 heterocycles. The highest BCUT2D eigenvalue weighted by molar-refractivity contribution is 9.10. The molecule has 0 aliphatic heterocycles. The van der Waals surface area contributed by atoms with Crippen LogP contribution in [-0.2, 0) is 4.74 Å². The molecule has 6 nitrogen and oxygen atoms in total. The molecule has 100 valence electrons. The molecule has 0 radical (unpaired) electrons. The van der Waals surface area contributed by atoms with Crippen LogP contribution in [0.4, 0.5) is 5.82 Å². The van der Waals surface area contributed by atoms with Crippen LogP contribution in [-0.4, -0.2) is 47.5 Å². The molecule has 0 saturated heterocycles. The van der Waals surface area contributed by atoms with Crippen LogP contribution < -0.4 is 5.32 Å². The van der Waals surface area contributed by atoms with E-state index in [4.69, 9.17) is 9.84 Å². The number of hydrogen-bond acceptors (Lipinski definition) is 5. The Hall–Kier alpha value is -1.18. The van der Waals surface area contributed by atoms with Gasteiger partial charge in [-0.2, -0.15) is 0 Å². The zero-order valence-electron chi connectivity index (χ0n) is 9.89. The van der Waals surface area contributed by atoms with Gasteiger partial charge in [0.1, 0.15) is 11.4 Å². The van der Waals surface area contributed by atoms with Gasteiger partial charge in [-0.25, -0.2) is 9.78 Å². The van der Waals surface area contributed by atoms with Crippen molar-refractivity contribution in [3.63, 3.8) is 0 Å². The van der Waals surface area contributed by atoms with Crippen LogP contribution in [0.25, 0.3) is 0 Å². The molecule has 1 unspecified atom stereocenters. The lowest BCUT2D eigenvalue weighted by Crippen LogP contribution is -2.19. The number of aromatic carboxylic acids is 1. The second-order valence-electron chi connectivity index (χ2n) is 3.68. The lowest BCUT2D eigenvalue weighted by Gasteiger charge is -2.11. The first-order valence-electron chi connectivity index (χ1n) is 5.34. The minimum absolute atomic E-state index is 0.0885. The highest BCUT2D eigenvalue weighted by atomic mass is 79.9. The zero-order chi connectivity index (χ0) is 13.5. The summed E-state index contributed by atoms with van der Waals surface area (Å²) in [6.45, 7) is 0.667. The number of hydrogen-bond donors (Lipinski definition) is 3. The Balaban J connectivity index is 2.59. The number of aromatic nitrogens is 1. The Morgan fingerprint density at radius 3 is 3.00 bits per heavy atom. The number of ether oxygens (including phenoxy) is 1. The largest absolute Gasteiger partial charge is 0.478 e. The number of anilines is 1. The minimum Gasteiger partial charge on any atom is -0.478 e. The fourth-order valence-electron chi connectivity index (χ4n) is 1.38. The summed E-state index contributed by atoms with van der Waals surface area (Å²) in [5, 5.41) is 21.3. The normalized spacial score (nSPS) is 12.2. The molecule has 18 heavy (non-hydrogen) atoms. The average Bonchev–Trinajstić information content (AvgIpc) is 2.31. The Bertz CT molecular complexity index is 414. The number of aliphatic hydroxyl groups excluding tert-OH is 1. The third-order valence-electron chi connectivity index (χ3n) is 2.21. The summed E-state index contributed by atoms with van der Waals surface area (Å²) in [5.74, 6) is -0.765. The second-order valence-corrected chi connectivity index (χ2v) is 4.60. The van der Waals surface area contributed by atoms with Crippen LogP contribution in [0.2, 0.25) is 0 Å². The van der Waals surface area contributed by atoms with Gasteiger partial charge in [0.2, 0.25) is 0 Å². The van der Waals surface area contributed by atoms with Crippen LogP contribution in [0.1, 0.15) is 16.8 Å². The standard InChI is InChI=1S/C11H15BrN2O4/c1-18-6-8(15)2-3-13-10-9(11(16)17)4-7(12)5-14-10/h4-5,8,15H,2-3,6H2,1H3,(H,13,14)(H,16,17). The van der Waals surface area contributed by atoms with Crippen molar-refractivity contribution in [1.82, 2.24) is 4.98 Å². The average molecular weight is 319 g/mol. The van der Waals surface area contributed by atoms with Crippen molar-refractivity contribution in [2.24, 2.45) is 0 Å². The summed E-state index contributed by atoms with van der Waals surface area (Å²) in [7, 11) is 1.51. The van der Waals surface area contributed by atoms with E-state index in [1.165, 1.54) is 19.4 Å². The van der Waals surface area contributed by atoms with Crippen LogP contribution >= 0.6 is 15.9 Å². The van der Waals surface area contributed by atoms with Gasteiger partial charge >= 0.3 is 5.97 Å². The van der Waals surface area contributed by atoms with Gasteiger partial charge in [0.25, 0.3) is 0 Å². The number of nitrogens with zero attached hydrogens (tertiary/aromatic N) is 1. The Kier molecular flexibility index (Phi) is 6.03. The molecule has 0 aliphatic rings. The maximum Gasteiger partial charge on any atom is 0.339 e. The van der Waals surface area contributed by atoms with E-state index in [1.807, 2.05) is 0 Å². The molecule has 0 aliphatic carbocycles. The van der Waals surface area contributed by atoms with E-state index in [9.17, 15) is 9.90 Å². The molecular formula is C11H15BrN2O4. The van der Waals surface area contributed by atoms with Crippen molar-refractivity contribution < 1.29 is 19.7 Å². The predicted molar refractivity (Wildman–Crippen MR) is 69.9 cm³/mol. The molecule has 1 rings (SSSR count). The summed E-state index contributed by atoms with van der Waals surface area (Å²) >= 11 is 3.17. The third kappa shape index (κ3) is 4.59. The molecule has 0 fully saturated rings. The van der Waals surface area contributed by atoms with E-state index in [0.717, 1.165) is 0 Å². The lowest BCUT2D eigenvalue weighted by atomic mass is 10.2. The molecular weight excluding hydrogens is 304 g/mol. The second kappa shape index (κ2) is 7.30.